The van der Waals surface area contributed by atoms with Crippen molar-refractivity contribution in [3.8, 4) is 11.4 Å². The molecule has 6 heteroatoms. The van der Waals surface area contributed by atoms with Gasteiger partial charge in [0.25, 0.3) is 0 Å². The Labute approximate surface area is 123 Å². The van der Waals surface area contributed by atoms with E-state index in [0.717, 1.165) is 24.3 Å². The molecule has 104 valence electrons. The Kier molecular flexibility index (Phi) is 3.78. The summed E-state index contributed by atoms with van der Waals surface area (Å²) in [6.07, 6.45) is 5.37. The molecule has 0 unspecified atom stereocenters. The monoisotopic (exact) mass is 289 g/mol. The van der Waals surface area contributed by atoms with Crippen LogP contribution in [0.2, 0.25) is 5.28 Å². The normalized spacial score (nSPS) is 15.4. The number of piperidine rings is 1. The quantitative estimate of drug-likeness (QED) is 0.851. The zero-order valence-electron chi connectivity index (χ0n) is 11.4. The minimum Gasteiger partial charge on any atom is -0.341 e. The molecular formula is C14H16ClN5. The lowest BCUT2D eigenvalue weighted by Crippen LogP contribution is -2.31. The highest BCUT2D eigenvalue weighted by Gasteiger charge is 2.16. The van der Waals surface area contributed by atoms with Crippen molar-refractivity contribution < 1.29 is 0 Å². The predicted octanol–water partition coefficient (Wildman–Crippen LogP) is 2.89. The number of anilines is 1. The van der Waals surface area contributed by atoms with Gasteiger partial charge in [-0.05, 0) is 49.9 Å². The molecule has 5 nitrogen and oxygen atoms in total. The second kappa shape index (κ2) is 5.71. The average molecular weight is 290 g/mol. The van der Waals surface area contributed by atoms with Crippen molar-refractivity contribution in [3.63, 3.8) is 0 Å². The van der Waals surface area contributed by atoms with Crippen molar-refractivity contribution in [1.29, 1.82) is 0 Å². The molecule has 1 fully saturated rings. The van der Waals surface area contributed by atoms with Crippen LogP contribution < -0.4 is 4.90 Å². The summed E-state index contributed by atoms with van der Waals surface area (Å²) >= 11 is 6.05. The van der Waals surface area contributed by atoms with E-state index in [1.54, 1.807) is 6.20 Å². The third-order valence-electron chi connectivity index (χ3n) is 3.39. The Morgan fingerprint density at radius 3 is 2.65 bits per heavy atom. The van der Waals surface area contributed by atoms with Crippen LogP contribution >= 0.6 is 11.6 Å². The molecule has 20 heavy (non-hydrogen) atoms. The van der Waals surface area contributed by atoms with Crippen molar-refractivity contribution in [2.24, 2.45) is 0 Å². The van der Waals surface area contributed by atoms with Crippen molar-refractivity contribution in [2.75, 3.05) is 18.0 Å². The number of pyridine rings is 1. The SMILES string of the molecule is Cc1cc(-c2nc(Cl)nc(N3CCCCC3)n2)ccn1. The molecule has 0 N–H and O–H groups in total. The minimum absolute atomic E-state index is 0.241. The first-order chi connectivity index (χ1) is 9.72. The molecule has 1 aliphatic heterocycles. The van der Waals surface area contributed by atoms with E-state index in [1.165, 1.54) is 19.3 Å². The summed E-state index contributed by atoms with van der Waals surface area (Å²) in [7, 11) is 0. The lowest BCUT2D eigenvalue weighted by molar-refractivity contribution is 0.567. The molecule has 0 aromatic carbocycles. The topological polar surface area (TPSA) is 54.8 Å². The Hall–Kier alpha value is -1.75. The van der Waals surface area contributed by atoms with E-state index in [0.29, 0.717) is 11.8 Å². The maximum Gasteiger partial charge on any atom is 0.230 e. The van der Waals surface area contributed by atoms with Gasteiger partial charge in [0.05, 0.1) is 0 Å². The molecule has 1 saturated heterocycles. The summed E-state index contributed by atoms with van der Waals surface area (Å²) in [4.78, 5) is 19.4. The largest absolute Gasteiger partial charge is 0.341 e. The molecule has 0 aliphatic carbocycles. The van der Waals surface area contributed by atoms with Gasteiger partial charge < -0.3 is 4.90 Å². The van der Waals surface area contributed by atoms with E-state index in [9.17, 15) is 0 Å². The van der Waals surface area contributed by atoms with Crippen LogP contribution in [0.4, 0.5) is 5.95 Å². The van der Waals surface area contributed by atoms with Gasteiger partial charge in [-0.15, -0.1) is 0 Å². The van der Waals surface area contributed by atoms with Gasteiger partial charge in [-0.1, -0.05) is 0 Å². The zero-order chi connectivity index (χ0) is 13.9. The number of hydrogen-bond acceptors (Lipinski definition) is 5. The molecule has 0 amide bonds. The molecule has 2 aromatic rings. The molecule has 0 bridgehead atoms. The summed E-state index contributed by atoms with van der Waals surface area (Å²) in [6, 6.07) is 3.84. The first kappa shape index (κ1) is 13.2. The van der Waals surface area contributed by atoms with Crippen LogP contribution in [-0.4, -0.2) is 33.0 Å². The molecular weight excluding hydrogens is 274 g/mol. The summed E-state index contributed by atoms with van der Waals surface area (Å²) in [5, 5.41) is 0.241. The third kappa shape index (κ3) is 2.88. The number of aryl methyl sites for hydroxylation is 1. The predicted molar refractivity (Wildman–Crippen MR) is 78.9 cm³/mol. The molecule has 2 aromatic heterocycles. The Morgan fingerprint density at radius 2 is 1.90 bits per heavy atom. The van der Waals surface area contributed by atoms with Crippen LogP contribution in [0.5, 0.6) is 0 Å². The lowest BCUT2D eigenvalue weighted by Gasteiger charge is -2.26. The van der Waals surface area contributed by atoms with Gasteiger partial charge in [0.15, 0.2) is 5.82 Å². The zero-order valence-corrected chi connectivity index (χ0v) is 12.1. The molecule has 0 atom stereocenters. The summed E-state index contributed by atoms with van der Waals surface area (Å²) in [5.74, 6) is 1.28. The van der Waals surface area contributed by atoms with Crippen molar-refractivity contribution in [1.82, 2.24) is 19.9 Å². The molecule has 3 heterocycles. The summed E-state index contributed by atoms with van der Waals surface area (Å²) in [5.41, 5.74) is 1.85. The van der Waals surface area contributed by atoms with Crippen LogP contribution in [-0.2, 0) is 0 Å². The lowest BCUT2D eigenvalue weighted by atomic mass is 10.1. The number of nitrogens with zero attached hydrogens (tertiary/aromatic N) is 5. The van der Waals surface area contributed by atoms with Gasteiger partial charge in [0.1, 0.15) is 0 Å². The summed E-state index contributed by atoms with van der Waals surface area (Å²) in [6.45, 7) is 3.90. The second-order valence-corrected chi connectivity index (χ2v) is 5.30. The van der Waals surface area contributed by atoms with E-state index < -0.39 is 0 Å². The molecule has 1 aliphatic rings. The smallest absolute Gasteiger partial charge is 0.230 e. The number of hydrogen-bond donors (Lipinski definition) is 0. The number of aromatic nitrogens is 4. The fourth-order valence-electron chi connectivity index (χ4n) is 2.39. The van der Waals surface area contributed by atoms with Crippen LogP contribution in [0.3, 0.4) is 0 Å². The highest BCUT2D eigenvalue weighted by molar-refractivity contribution is 6.28. The van der Waals surface area contributed by atoms with Crippen LogP contribution in [0.15, 0.2) is 18.3 Å². The van der Waals surface area contributed by atoms with E-state index in [2.05, 4.69) is 24.8 Å². The van der Waals surface area contributed by atoms with Crippen molar-refractivity contribution in [3.05, 3.63) is 29.3 Å². The van der Waals surface area contributed by atoms with E-state index in [-0.39, 0.29) is 5.28 Å². The Morgan fingerprint density at radius 1 is 1.10 bits per heavy atom. The van der Waals surface area contributed by atoms with Gasteiger partial charge in [-0.3, -0.25) is 4.98 Å². The maximum absolute atomic E-state index is 6.05. The van der Waals surface area contributed by atoms with Gasteiger partial charge in [-0.2, -0.15) is 15.0 Å². The highest BCUT2D eigenvalue weighted by Crippen LogP contribution is 2.22. The maximum atomic E-state index is 6.05. The van der Waals surface area contributed by atoms with Gasteiger partial charge in [0, 0.05) is 30.5 Å². The first-order valence-corrected chi connectivity index (χ1v) is 7.20. The Bertz CT molecular complexity index is 610. The minimum atomic E-state index is 0.241. The van der Waals surface area contributed by atoms with E-state index in [1.807, 2.05) is 19.1 Å². The van der Waals surface area contributed by atoms with Crippen LogP contribution in [0.1, 0.15) is 25.0 Å². The van der Waals surface area contributed by atoms with E-state index >= 15 is 0 Å². The van der Waals surface area contributed by atoms with E-state index in [4.69, 9.17) is 11.6 Å². The molecule has 0 saturated carbocycles. The standard InChI is InChI=1S/C14H16ClN5/c1-10-9-11(5-6-16-10)12-17-13(15)19-14(18-12)20-7-3-2-4-8-20/h5-6,9H,2-4,7-8H2,1H3. The number of halogens is 1. The molecule has 0 radical (unpaired) electrons. The fraction of sp³-hybridized carbons (Fsp3) is 0.429. The van der Waals surface area contributed by atoms with Crippen LogP contribution in [0.25, 0.3) is 11.4 Å². The van der Waals surface area contributed by atoms with Crippen LogP contribution in [0, 0.1) is 6.92 Å². The van der Waals surface area contributed by atoms with Gasteiger partial charge in [0.2, 0.25) is 11.2 Å². The average Bonchev–Trinajstić information content (AvgIpc) is 2.47. The van der Waals surface area contributed by atoms with Gasteiger partial charge in [-0.25, -0.2) is 0 Å². The second-order valence-electron chi connectivity index (χ2n) is 4.96. The Balaban J connectivity index is 1.97. The fourth-order valence-corrected chi connectivity index (χ4v) is 2.54. The first-order valence-electron chi connectivity index (χ1n) is 6.82. The summed E-state index contributed by atoms with van der Waals surface area (Å²) < 4.78 is 0. The molecule has 3 rings (SSSR count). The number of rotatable bonds is 2. The third-order valence-corrected chi connectivity index (χ3v) is 3.56. The molecule has 0 spiro atoms. The van der Waals surface area contributed by atoms with Crippen molar-refractivity contribution in [2.45, 2.75) is 26.2 Å². The van der Waals surface area contributed by atoms with Gasteiger partial charge >= 0.3 is 0 Å². The van der Waals surface area contributed by atoms with Crippen molar-refractivity contribution >= 4 is 17.5 Å². The highest BCUT2D eigenvalue weighted by atomic mass is 35.5.